The smallest absolute Gasteiger partial charge is 0.267 e. The minimum atomic E-state index is -0.163. The molecule has 0 fully saturated rings. The van der Waals surface area contributed by atoms with E-state index in [1.54, 1.807) is 6.07 Å². The lowest BCUT2D eigenvalue weighted by molar-refractivity contribution is -0.116. The predicted molar refractivity (Wildman–Crippen MR) is 38.6 cm³/mol. The fraction of sp³-hybridized carbons (Fsp3) is 0.125. The van der Waals surface area contributed by atoms with Crippen molar-refractivity contribution in [1.82, 2.24) is 0 Å². The van der Waals surface area contributed by atoms with Crippen molar-refractivity contribution in [2.45, 2.75) is 0 Å². The fourth-order valence-corrected chi connectivity index (χ4v) is 1.01. The Morgan fingerprint density at radius 1 is 1.18 bits per heavy atom. The summed E-state index contributed by atoms with van der Waals surface area (Å²) in [6, 6.07) is 7.37. The Morgan fingerprint density at radius 2 is 1.91 bits per heavy atom. The summed E-state index contributed by atoms with van der Waals surface area (Å²) < 4.78 is 0. The number of nitrogens with zero attached hydrogens (tertiary/aromatic N) is 2. The number of benzene rings is 1. The van der Waals surface area contributed by atoms with Crippen LogP contribution < -0.4 is 10.7 Å². The van der Waals surface area contributed by atoms with Crippen LogP contribution >= 0.6 is 0 Å². The first-order chi connectivity index (χ1) is 5.36. The minimum absolute atomic E-state index is 0.163. The van der Waals surface area contributed by atoms with Gasteiger partial charge in [-0.2, -0.15) is 0 Å². The molecule has 0 radical (unpaired) electrons. The van der Waals surface area contributed by atoms with E-state index in [1.165, 1.54) is 0 Å². The summed E-state index contributed by atoms with van der Waals surface area (Å²) in [6.07, 6.45) is 0. The lowest BCUT2D eigenvalue weighted by Crippen LogP contribution is -2.31. The molecule has 11 heavy (non-hydrogen) atoms. The van der Waals surface area contributed by atoms with E-state index >= 15 is 0 Å². The molecule has 1 aromatic rings. The summed E-state index contributed by atoms with van der Waals surface area (Å²) in [6.45, 7) is 0.191. The van der Waals surface area contributed by atoms with Gasteiger partial charge in [-0.25, -0.2) is 4.99 Å². The Morgan fingerprint density at radius 3 is 2.73 bits per heavy atom. The highest BCUT2D eigenvalue weighted by Gasteiger charge is 2.01. The van der Waals surface area contributed by atoms with E-state index < -0.39 is 0 Å². The number of hydrogen-bond acceptors (Lipinski definition) is 2. The first kappa shape index (κ1) is 6.22. The first-order valence-electron chi connectivity index (χ1n) is 3.37. The molecule has 3 heteroatoms. The van der Waals surface area contributed by atoms with Gasteiger partial charge in [0.25, 0.3) is 5.91 Å². The van der Waals surface area contributed by atoms with Crippen LogP contribution in [0.3, 0.4) is 0 Å². The molecule has 2 rings (SSSR count). The zero-order valence-electron chi connectivity index (χ0n) is 5.82. The van der Waals surface area contributed by atoms with Gasteiger partial charge in [0, 0.05) is 0 Å². The monoisotopic (exact) mass is 146 g/mol. The van der Waals surface area contributed by atoms with Crippen molar-refractivity contribution in [1.29, 1.82) is 0 Å². The molecule has 0 spiro atoms. The average molecular weight is 146 g/mol. The predicted octanol–water partition coefficient (Wildman–Crippen LogP) is -0.534. The highest BCUT2D eigenvalue weighted by Crippen LogP contribution is 1.80. The van der Waals surface area contributed by atoms with Gasteiger partial charge >= 0.3 is 0 Å². The van der Waals surface area contributed by atoms with Gasteiger partial charge in [-0.05, 0) is 12.1 Å². The Hall–Kier alpha value is -1.51. The molecule has 0 unspecified atom stereocenters. The van der Waals surface area contributed by atoms with Crippen LogP contribution in [0.4, 0.5) is 0 Å². The van der Waals surface area contributed by atoms with Crippen molar-refractivity contribution in [3.8, 4) is 0 Å². The largest absolute Gasteiger partial charge is 0.273 e. The van der Waals surface area contributed by atoms with Crippen LogP contribution in [0.1, 0.15) is 0 Å². The Bertz CT molecular complexity index is 408. The molecular formula is C8H6N2O. The second-order valence-electron chi connectivity index (χ2n) is 2.31. The number of carbonyl (C=O) groups is 1. The van der Waals surface area contributed by atoms with Gasteiger partial charge in [0.2, 0.25) is 0 Å². The zero-order valence-corrected chi connectivity index (χ0v) is 5.82. The summed E-state index contributed by atoms with van der Waals surface area (Å²) >= 11 is 0. The van der Waals surface area contributed by atoms with Crippen molar-refractivity contribution in [3.63, 3.8) is 0 Å². The molecule has 3 nitrogen and oxygen atoms in total. The van der Waals surface area contributed by atoms with Crippen molar-refractivity contribution in [2.75, 3.05) is 6.54 Å². The van der Waals surface area contributed by atoms with Gasteiger partial charge < -0.3 is 0 Å². The average Bonchev–Trinajstić information content (AvgIpc) is 2.04. The lowest BCUT2D eigenvalue weighted by atomic mass is 10.3. The molecule has 1 amide bonds. The molecule has 0 saturated heterocycles. The second-order valence-corrected chi connectivity index (χ2v) is 2.31. The number of fused-ring (bicyclic) bond motifs is 1. The fourth-order valence-electron chi connectivity index (χ4n) is 1.01. The van der Waals surface area contributed by atoms with Crippen LogP contribution in [-0.4, -0.2) is 12.5 Å². The zero-order chi connectivity index (χ0) is 7.68. The van der Waals surface area contributed by atoms with Gasteiger partial charge in [0.05, 0.1) is 10.7 Å². The van der Waals surface area contributed by atoms with E-state index in [-0.39, 0.29) is 12.5 Å². The highest BCUT2D eigenvalue weighted by molar-refractivity contribution is 5.79. The van der Waals surface area contributed by atoms with E-state index in [4.69, 9.17) is 0 Å². The third-order valence-electron chi connectivity index (χ3n) is 1.51. The maximum atomic E-state index is 10.8. The number of carbonyl (C=O) groups excluding carboxylic acids is 1. The molecule has 0 bridgehead atoms. The van der Waals surface area contributed by atoms with Gasteiger partial charge in [0.15, 0.2) is 0 Å². The molecule has 1 heterocycles. The van der Waals surface area contributed by atoms with Crippen LogP contribution in [0, 0.1) is 0 Å². The van der Waals surface area contributed by atoms with Crippen LogP contribution in [0.2, 0.25) is 0 Å². The first-order valence-corrected chi connectivity index (χ1v) is 3.37. The molecule has 1 aromatic carbocycles. The van der Waals surface area contributed by atoms with E-state index in [9.17, 15) is 4.79 Å². The summed E-state index contributed by atoms with van der Waals surface area (Å²) in [4.78, 5) is 18.6. The lowest BCUT2D eigenvalue weighted by Gasteiger charge is -1.95. The molecular weight excluding hydrogens is 140 g/mol. The molecule has 0 aromatic heterocycles. The summed E-state index contributed by atoms with van der Waals surface area (Å²) in [7, 11) is 0. The Balaban J connectivity index is 2.83. The number of amides is 1. The Labute approximate surface area is 63.1 Å². The summed E-state index contributed by atoms with van der Waals surface area (Å²) in [5.74, 6) is -0.163. The molecule has 0 atom stereocenters. The van der Waals surface area contributed by atoms with Crippen LogP contribution in [0.5, 0.6) is 0 Å². The second kappa shape index (κ2) is 2.27. The molecule has 54 valence electrons. The third kappa shape index (κ3) is 1.05. The van der Waals surface area contributed by atoms with E-state index in [0.29, 0.717) is 5.36 Å². The third-order valence-corrected chi connectivity index (χ3v) is 1.51. The topological polar surface area (TPSA) is 41.8 Å². The number of para-hydroxylation sites is 2. The minimum Gasteiger partial charge on any atom is -0.273 e. The van der Waals surface area contributed by atoms with Gasteiger partial charge in [-0.15, -0.1) is 0 Å². The highest BCUT2D eigenvalue weighted by atomic mass is 16.1. The van der Waals surface area contributed by atoms with Crippen molar-refractivity contribution in [2.24, 2.45) is 9.98 Å². The standard InChI is InChI=1S/C8H6N2O/c11-8-5-9-6-3-1-2-4-7(6)10-8/h1-4H,5H2. The molecule has 0 aliphatic carbocycles. The van der Waals surface area contributed by atoms with Crippen molar-refractivity contribution < 1.29 is 4.79 Å². The van der Waals surface area contributed by atoms with Crippen LogP contribution in [-0.2, 0) is 4.79 Å². The molecule has 1 aliphatic heterocycles. The molecule has 1 aliphatic rings. The van der Waals surface area contributed by atoms with Gasteiger partial charge in [-0.1, -0.05) is 12.1 Å². The van der Waals surface area contributed by atoms with E-state index in [1.807, 2.05) is 18.2 Å². The molecule has 0 N–H and O–H groups in total. The van der Waals surface area contributed by atoms with E-state index in [2.05, 4.69) is 9.98 Å². The summed E-state index contributed by atoms with van der Waals surface area (Å²) in [5, 5.41) is 1.50. The quantitative estimate of drug-likeness (QED) is 0.485. The van der Waals surface area contributed by atoms with Crippen molar-refractivity contribution >= 4 is 5.91 Å². The normalized spacial score (nSPS) is 14.7. The number of rotatable bonds is 0. The maximum absolute atomic E-state index is 10.8. The van der Waals surface area contributed by atoms with Crippen LogP contribution in [0.15, 0.2) is 34.3 Å². The maximum Gasteiger partial charge on any atom is 0.267 e. The van der Waals surface area contributed by atoms with E-state index in [0.717, 1.165) is 5.36 Å². The van der Waals surface area contributed by atoms with Crippen LogP contribution in [0.25, 0.3) is 0 Å². The summed E-state index contributed by atoms with van der Waals surface area (Å²) in [5.41, 5.74) is 0. The van der Waals surface area contributed by atoms with Gasteiger partial charge in [-0.3, -0.25) is 9.79 Å². The number of hydrogen-bond donors (Lipinski definition) is 0. The van der Waals surface area contributed by atoms with Gasteiger partial charge in [0.1, 0.15) is 6.54 Å². The molecule has 0 saturated carbocycles. The SMILES string of the molecule is O=C1CN=c2ccccc2=N1. The van der Waals surface area contributed by atoms with Crippen molar-refractivity contribution in [3.05, 3.63) is 35.0 Å². The Kier molecular flexibility index (Phi) is 1.28.